The van der Waals surface area contributed by atoms with Gasteiger partial charge in [-0.1, -0.05) is 0 Å². The van der Waals surface area contributed by atoms with Crippen molar-refractivity contribution < 1.29 is 4.74 Å². The normalized spacial score (nSPS) is 19.3. The standard InChI is InChI=1S/C18H19BrN6O/c1-26-17-7-16(22-11-23-17)25(14-2-3-14)15-4-5-24(10-15)18-12(8-20)6-13(19)9-21-18/h6-7,9,11,14-15H,2-5,10H2,1H3. The topological polar surface area (TPSA) is 78.2 Å². The highest BCUT2D eigenvalue weighted by Gasteiger charge is 2.39. The minimum Gasteiger partial charge on any atom is -0.481 e. The van der Waals surface area contributed by atoms with Gasteiger partial charge in [-0.3, -0.25) is 0 Å². The Morgan fingerprint density at radius 1 is 1.23 bits per heavy atom. The van der Waals surface area contributed by atoms with Crippen LogP contribution >= 0.6 is 15.9 Å². The summed E-state index contributed by atoms with van der Waals surface area (Å²) in [6.07, 6.45) is 6.68. The van der Waals surface area contributed by atoms with E-state index >= 15 is 0 Å². The number of ether oxygens (including phenoxy) is 1. The molecule has 2 aromatic heterocycles. The minimum atomic E-state index is 0.332. The van der Waals surface area contributed by atoms with Gasteiger partial charge in [-0.25, -0.2) is 15.0 Å². The number of hydrogen-bond donors (Lipinski definition) is 0. The minimum absolute atomic E-state index is 0.332. The van der Waals surface area contributed by atoms with E-state index in [4.69, 9.17) is 4.74 Å². The van der Waals surface area contributed by atoms with Crippen LogP contribution in [0, 0.1) is 11.3 Å². The summed E-state index contributed by atoms with van der Waals surface area (Å²) in [5.74, 6) is 2.25. The van der Waals surface area contributed by atoms with Crippen molar-refractivity contribution in [2.24, 2.45) is 0 Å². The fourth-order valence-corrected chi connectivity index (χ4v) is 3.87. The Balaban J connectivity index is 1.58. The maximum absolute atomic E-state index is 9.43. The molecule has 4 rings (SSSR count). The molecular weight excluding hydrogens is 396 g/mol. The number of nitrogens with zero attached hydrogens (tertiary/aromatic N) is 6. The van der Waals surface area contributed by atoms with Gasteiger partial charge < -0.3 is 14.5 Å². The molecule has 2 aromatic rings. The van der Waals surface area contributed by atoms with Gasteiger partial charge in [0, 0.05) is 41.9 Å². The molecule has 1 atom stereocenters. The molecule has 7 nitrogen and oxygen atoms in total. The van der Waals surface area contributed by atoms with Crippen molar-refractivity contribution in [2.75, 3.05) is 30.0 Å². The summed E-state index contributed by atoms with van der Waals surface area (Å²) in [7, 11) is 1.62. The van der Waals surface area contributed by atoms with Gasteiger partial charge in [0.2, 0.25) is 5.88 Å². The molecule has 0 N–H and O–H groups in total. The van der Waals surface area contributed by atoms with E-state index in [2.05, 4.69) is 46.8 Å². The molecule has 0 bridgehead atoms. The van der Waals surface area contributed by atoms with Crippen molar-refractivity contribution in [1.82, 2.24) is 15.0 Å². The Hall–Kier alpha value is -2.40. The van der Waals surface area contributed by atoms with Crippen LogP contribution in [0.1, 0.15) is 24.8 Å². The van der Waals surface area contributed by atoms with Crippen LogP contribution in [-0.4, -0.2) is 47.2 Å². The SMILES string of the molecule is COc1cc(N(C2CC2)C2CCN(c3ncc(Br)cc3C#N)C2)ncn1. The molecule has 1 unspecified atom stereocenters. The molecule has 0 spiro atoms. The summed E-state index contributed by atoms with van der Waals surface area (Å²) in [6, 6.07) is 6.83. The summed E-state index contributed by atoms with van der Waals surface area (Å²) in [4.78, 5) is 17.7. The molecule has 1 saturated heterocycles. The summed E-state index contributed by atoms with van der Waals surface area (Å²) >= 11 is 3.39. The van der Waals surface area contributed by atoms with Crippen LogP contribution in [0.25, 0.3) is 0 Å². The number of nitriles is 1. The molecule has 26 heavy (non-hydrogen) atoms. The smallest absolute Gasteiger partial charge is 0.218 e. The second-order valence-electron chi connectivity index (χ2n) is 6.58. The zero-order valence-electron chi connectivity index (χ0n) is 14.5. The second-order valence-corrected chi connectivity index (χ2v) is 7.50. The number of anilines is 2. The number of aromatic nitrogens is 3. The Kier molecular flexibility index (Phi) is 4.64. The van der Waals surface area contributed by atoms with Gasteiger partial charge in [0.25, 0.3) is 0 Å². The van der Waals surface area contributed by atoms with Gasteiger partial charge in [0.05, 0.1) is 12.7 Å². The molecule has 2 aliphatic rings. The van der Waals surface area contributed by atoms with E-state index in [1.165, 1.54) is 12.8 Å². The first-order valence-corrected chi connectivity index (χ1v) is 9.44. The zero-order valence-corrected chi connectivity index (χ0v) is 16.1. The van der Waals surface area contributed by atoms with Crippen molar-refractivity contribution in [1.29, 1.82) is 5.26 Å². The molecular formula is C18H19BrN6O. The van der Waals surface area contributed by atoms with Gasteiger partial charge in [0.15, 0.2) is 0 Å². The van der Waals surface area contributed by atoms with E-state index < -0.39 is 0 Å². The third-order valence-electron chi connectivity index (χ3n) is 4.85. The van der Waals surface area contributed by atoms with Crippen LogP contribution in [0.2, 0.25) is 0 Å². The highest BCUT2D eigenvalue weighted by molar-refractivity contribution is 9.10. The lowest BCUT2D eigenvalue weighted by Gasteiger charge is -2.30. The molecule has 8 heteroatoms. The predicted octanol–water partition coefficient (Wildman–Crippen LogP) is 2.76. The van der Waals surface area contributed by atoms with Gasteiger partial charge >= 0.3 is 0 Å². The summed E-state index contributed by atoms with van der Waals surface area (Å²) in [5.41, 5.74) is 0.599. The van der Waals surface area contributed by atoms with E-state index in [0.29, 0.717) is 23.5 Å². The number of halogens is 1. The first-order chi connectivity index (χ1) is 12.7. The van der Waals surface area contributed by atoms with E-state index in [0.717, 1.165) is 35.6 Å². The fraction of sp³-hybridized carbons (Fsp3) is 0.444. The van der Waals surface area contributed by atoms with Crippen LogP contribution < -0.4 is 14.5 Å². The first kappa shape index (κ1) is 17.0. The van der Waals surface area contributed by atoms with Crippen molar-refractivity contribution in [2.45, 2.75) is 31.3 Å². The number of pyridine rings is 1. The number of methoxy groups -OCH3 is 1. The predicted molar refractivity (Wildman–Crippen MR) is 101 cm³/mol. The van der Waals surface area contributed by atoms with Gasteiger partial charge in [-0.05, 0) is 41.3 Å². The molecule has 1 aliphatic heterocycles. The van der Waals surface area contributed by atoms with Crippen molar-refractivity contribution in [3.8, 4) is 11.9 Å². The Morgan fingerprint density at radius 3 is 2.81 bits per heavy atom. The average Bonchev–Trinajstić information content (AvgIpc) is 3.38. The van der Waals surface area contributed by atoms with E-state index in [1.807, 2.05) is 12.1 Å². The van der Waals surface area contributed by atoms with Crippen LogP contribution in [-0.2, 0) is 0 Å². The van der Waals surface area contributed by atoms with Gasteiger partial charge in [0.1, 0.15) is 24.0 Å². The fourth-order valence-electron chi connectivity index (χ4n) is 3.54. The highest BCUT2D eigenvalue weighted by atomic mass is 79.9. The van der Waals surface area contributed by atoms with E-state index in [9.17, 15) is 5.26 Å². The monoisotopic (exact) mass is 414 g/mol. The largest absolute Gasteiger partial charge is 0.481 e. The van der Waals surface area contributed by atoms with E-state index in [1.54, 1.807) is 19.6 Å². The summed E-state index contributed by atoms with van der Waals surface area (Å²) < 4.78 is 6.08. The van der Waals surface area contributed by atoms with Crippen LogP contribution in [0.15, 0.2) is 29.1 Å². The summed E-state index contributed by atoms with van der Waals surface area (Å²) in [6.45, 7) is 1.70. The third-order valence-corrected chi connectivity index (χ3v) is 5.29. The maximum atomic E-state index is 9.43. The molecule has 3 heterocycles. The van der Waals surface area contributed by atoms with Crippen molar-refractivity contribution >= 4 is 27.6 Å². The molecule has 0 aromatic carbocycles. The molecule has 0 radical (unpaired) electrons. The number of rotatable bonds is 5. The lowest BCUT2D eigenvalue weighted by molar-refractivity contribution is 0.396. The second kappa shape index (κ2) is 7.08. The Labute approximate surface area is 160 Å². The van der Waals surface area contributed by atoms with Crippen molar-refractivity contribution in [3.63, 3.8) is 0 Å². The molecule has 1 saturated carbocycles. The third kappa shape index (κ3) is 3.31. The molecule has 134 valence electrons. The maximum Gasteiger partial charge on any atom is 0.218 e. The quantitative estimate of drug-likeness (QED) is 0.743. The van der Waals surface area contributed by atoms with Crippen LogP contribution in [0.4, 0.5) is 11.6 Å². The molecule has 2 fully saturated rings. The Morgan fingerprint density at radius 2 is 2.08 bits per heavy atom. The number of hydrogen-bond acceptors (Lipinski definition) is 7. The Bertz CT molecular complexity index is 850. The lowest BCUT2D eigenvalue weighted by atomic mass is 10.2. The molecule has 1 aliphatic carbocycles. The zero-order chi connectivity index (χ0) is 18.1. The van der Waals surface area contributed by atoms with Crippen LogP contribution in [0.3, 0.4) is 0 Å². The molecule has 0 amide bonds. The lowest BCUT2D eigenvalue weighted by Crippen LogP contribution is -2.40. The highest BCUT2D eigenvalue weighted by Crippen LogP contribution is 2.36. The first-order valence-electron chi connectivity index (χ1n) is 8.64. The van der Waals surface area contributed by atoms with Gasteiger partial charge in [-0.15, -0.1) is 0 Å². The average molecular weight is 415 g/mol. The van der Waals surface area contributed by atoms with Crippen molar-refractivity contribution in [3.05, 3.63) is 34.7 Å². The van der Waals surface area contributed by atoms with Crippen LogP contribution in [0.5, 0.6) is 5.88 Å². The van der Waals surface area contributed by atoms with Gasteiger partial charge in [-0.2, -0.15) is 5.26 Å². The van der Waals surface area contributed by atoms with E-state index in [-0.39, 0.29) is 0 Å². The summed E-state index contributed by atoms with van der Waals surface area (Å²) in [5, 5.41) is 9.43.